The number of hydrogen-bond donors (Lipinski definition) is 2. The van der Waals surface area contributed by atoms with Crippen molar-refractivity contribution in [2.45, 2.75) is 51.5 Å². The van der Waals surface area contributed by atoms with Crippen LogP contribution in [0, 0.1) is 12.8 Å². The molecule has 3 N–H and O–H groups in total. The second-order valence-corrected chi connectivity index (χ2v) is 6.59. The van der Waals surface area contributed by atoms with Gasteiger partial charge in [0.1, 0.15) is 6.33 Å². The highest BCUT2D eigenvalue weighted by Crippen LogP contribution is 2.27. The summed E-state index contributed by atoms with van der Waals surface area (Å²) in [6.45, 7) is 1.97. The minimum absolute atomic E-state index is 0.132. The molecular formula is C17H24N6O. The monoisotopic (exact) mass is 328 g/mol. The van der Waals surface area contributed by atoms with Crippen molar-refractivity contribution in [1.82, 2.24) is 20.2 Å². The van der Waals surface area contributed by atoms with Gasteiger partial charge in [-0.1, -0.05) is 38.2 Å². The summed E-state index contributed by atoms with van der Waals surface area (Å²) in [5, 5.41) is 14.1. The number of aromatic nitrogens is 4. The van der Waals surface area contributed by atoms with Gasteiger partial charge in [0, 0.05) is 5.69 Å². The number of amides is 1. The van der Waals surface area contributed by atoms with Crippen LogP contribution in [0.1, 0.15) is 44.1 Å². The van der Waals surface area contributed by atoms with E-state index in [1.165, 1.54) is 38.4 Å². The number of rotatable bonds is 5. The summed E-state index contributed by atoms with van der Waals surface area (Å²) in [6, 6.07) is 5.19. The van der Waals surface area contributed by atoms with Gasteiger partial charge in [-0.3, -0.25) is 4.79 Å². The van der Waals surface area contributed by atoms with Crippen molar-refractivity contribution in [2.24, 2.45) is 11.7 Å². The number of benzene rings is 1. The largest absolute Gasteiger partial charge is 0.325 e. The van der Waals surface area contributed by atoms with Crippen molar-refractivity contribution in [3.8, 4) is 5.69 Å². The van der Waals surface area contributed by atoms with Crippen LogP contribution in [0.2, 0.25) is 0 Å². The van der Waals surface area contributed by atoms with Gasteiger partial charge in [-0.05, 0) is 47.4 Å². The first kappa shape index (κ1) is 16.6. The molecule has 2 aromatic rings. The van der Waals surface area contributed by atoms with Crippen LogP contribution in [-0.2, 0) is 4.79 Å². The number of carbonyl (C=O) groups is 1. The second-order valence-electron chi connectivity index (χ2n) is 6.59. The average Bonchev–Trinajstić information content (AvgIpc) is 3.11. The lowest BCUT2D eigenvalue weighted by atomic mass is 9.85. The van der Waals surface area contributed by atoms with E-state index in [4.69, 9.17) is 5.73 Å². The zero-order chi connectivity index (χ0) is 16.9. The number of aryl methyl sites for hydroxylation is 1. The molecule has 1 unspecified atom stereocenters. The molecule has 128 valence electrons. The number of carbonyl (C=O) groups excluding carboxylic acids is 1. The third kappa shape index (κ3) is 3.97. The molecule has 24 heavy (non-hydrogen) atoms. The number of nitrogens with zero attached hydrogens (tertiary/aromatic N) is 4. The van der Waals surface area contributed by atoms with Gasteiger partial charge in [-0.2, -0.15) is 0 Å². The Bertz CT molecular complexity index is 678. The fourth-order valence-electron chi connectivity index (χ4n) is 3.33. The van der Waals surface area contributed by atoms with E-state index in [0.717, 1.165) is 17.7 Å². The normalized spacial score (nSPS) is 16.8. The van der Waals surface area contributed by atoms with Crippen LogP contribution in [0.25, 0.3) is 5.69 Å². The van der Waals surface area contributed by atoms with Crippen LogP contribution < -0.4 is 11.1 Å². The van der Waals surface area contributed by atoms with Gasteiger partial charge < -0.3 is 11.1 Å². The Morgan fingerprint density at radius 3 is 2.88 bits per heavy atom. The molecule has 1 aromatic heterocycles. The molecule has 1 aromatic carbocycles. The van der Waals surface area contributed by atoms with Crippen LogP contribution in [-0.4, -0.2) is 32.2 Å². The third-order valence-electron chi connectivity index (χ3n) is 4.72. The van der Waals surface area contributed by atoms with Crippen molar-refractivity contribution in [1.29, 1.82) is 0 Å². The predicted octanol–water partition coefficient (Wildman–Crippen LogP) is 2.21. The van der Waals surface area contributed by atoms with Gasteiger partial charge in [-0.25, -0.2) is 4.68 Å². The van der Waals surface area contributed by atoms with E-state index >= 15 is 0 Å². The summed E-state index contributed by atoms with van der Waals surface area (Å²) >= 11 is 0. The van der Waals surface area contributed by atoms with Crippen LogP contribution in [0.5, 0.6) is 0 Å². The molecule has 0 spiro atoms. The third-order valence-corrected chi connectivity index (χ3v) is 4.72. The van der Waals surface area contributed by atoms with Crippen LogP contribution in [0.15, 0.2) is 24.5 Å². The quantitative estimate of drug-likeness (QED) is 0.876. The van der Waals surface area contributed by atoms with Gasteiger partial charge >= 0.3 is 0 Å². The van der Waals surface area contributed by atoms with E-state index in [9.17, 15) is 4.79 Å². The minimum atomic E-state index is -0.467. The molecular weight excluding hydrogens is 304 g/mol. The van der Waals surface area contributed by atoms with Gasteiger partial charge in [-0.15, -0.1) is 5.10 Å². The maximum absolute atomic E-state index is 12.4. The highest BCUT2D eigenvalue weighted by molar-refractivity contribution is 5.94. The Morgan fingerprint density at radius 1 is 1.38 bits per heavy atom. The zero-order valence-electron chi connectivity index (χ0n) is 14.0. The Morgan fingerprint density at radius 2 is 2.17 bits per heavy atom. The van der Waals surface area contributed by atoms with Crippen LogP contribution in [0.3, 0.4) is 0 Å². The molecule has 0 radical (unpaired) electrons. The van der Waals surface area contributed by atoms with Gasteiger partial charge in [0.25, 0.3) is 0 Å². The van der Waals surface area contributed by atoms with E-state index in [1.807, 2.05) is 25.1 Å². The average molecular weight is 328 g/mol. The summed E-state index contributed by atoms with van der Waals surface area (Å²) in [7, 11) is 0. The molecule has 1 aliphatic carbocycles. The maximum atomic E-state index is 12.4. The van der Waals surface area contributed by atoms with E-state index in [1.54, 1.807) is 4.68 Å². The van der Waals surface area contributed by atoms with E-state index in [2.05, 4.69) is 20.8 Å². The molecule has 0 saturated heterocycles. The van der Waals surface area contributed by atoms with Crippen molar-refractivity contribution < 1.29 is 4.79 Å². The van der Waals surface area contributed by atoms with E-state index < -0.39 is 6.04 Å². The first-order chi connectivity index (χ1) is 11.6. The van der Waals surface area contributed by atoms with E-state index in [-0.39, 0.29) is 5.91 Å². The first-order valence-electron chi connectivity index (χ1n) is 8.54. The standard InChI is InChI=1S/C17H24N6O/c1-12-7-8-14(10-16(12)23-11-19-21-22-23)20-17(24)15(18)9-13-5-3-2-4-6-13/h7-8,10-11,13,15H,2-6,9,18H2,1H3,(H,20,24). The smallest absolute Gasteiger partial charge is 0.241 e. The Kier molecular flexibility index (Phi) is 5.20. The SMILES string of the molecule is Cc1ccc(NC(=O)C(N)CC2CCCCC2)cc1-n1cnnn1. The molecule has 1 saturated carbocycles. The van der Waals surface area contributed by atoms with Crippen molar-refractivity contribution in [3.63, 3.8) is 0 Å². The fraction of sp³-hybridized carbons (Fsp3) is 0.529. The molecule has 0 bridgehead atoms. The van der Waals surface area contributed by atoms with Crippen molar-refractivity contribution >= 4 is 11.6 Å². The molecule has 7 nitrogen and oxygen atoms in total. The van der Waals surface area contributed by atoms with Crippen molar-refractivity contribution in [3.05, 3.63) is 30.1 Å². The molecule has 1 atom stereocenters. The molecule has 1 fully saturated rings. The summed E-state index contributed by atoms with van der Waals surface area (Å²) < 4.78 is 1.58. The lowest BCUT2D eigenvalue weighted by Gasteiger charge is -2.24. The van der Waals surface area contributed by atoms with Gasteiger partial charge in [0.15, 0.2) is 0 Å². The highest BCUT2D eigenvalue weighted by Gasteiger charge is 2.21. The second kappa shape index (κ2) is 7.53. The molecule has 1 amide bonds. The maximum Gasteiger partial charge on any atom is 0.241 e. The topological polar surface area (TPSA) is 98.7 Å². The highest BCUT2D eigenvalue weighted by atomic mass is 16.2. The summed E-state index contributed by atoms with van der Waals surface area (Å²) in [6.07, 6.45) is 8.49. The predicted molar refractivity (Wildman–Crippen MR) is 91.7 cm³/mol. The van der Waals surface area contributed by atoms with Crippen LogP contribution >= 0.6 is 0 Å². The molecule has 1 heterocycles. The van der Waals surface area contributed by atoms with E-state index in [0.29, 0.717) is 11.6 Å². The first-order valence-corrected chi connectivity index (χ1v) is 8.54. The lowest BCUT2D eigenvalue weighted by molar-refractivity contribution is -0.117. The number of nitrogens with two attached hydrogens (primary N) is 1. The molecule has 3 rings (SSSR count). The molecule has 7 heteroatoms. The van der Waals surface area contributed by atoms with Crippen LogP contribution in [0.4, 0.5) is 5.69 Å². The van der Waals surface area contributed by atoms with Gasteiger partial charge in [0.05, 0.1) is 11.7 Å². The number of hydrogen-bond acceptors (Lipinski definition) is 5. The Labute approximate surface area is 141 Å². The lowest BCUT2D eigenvalue weighted by Crippen LogP contribution is -2.37. The summed E-state index contributed by atoms with van der Waals surface area (Å²) in [5.74, 6) is 0.446. The molecule has 0 aliphatic heterocycles. The number of nitrogens with one attached hydrogen (secondary N) is 1. The number of tetrazole rings is 1. The number of anilines is 1. The molecule has 1 aliphatic rings. The summed E-state index contributed by atoms with van der Waals surface area (Å²) in [5.41, 5.74) is 8.67. The Balaban J connectivity index is 1.64. The zero-order valence-corrected chi connectivity index (χ0v) is 14.0. The Hall–Kier alpha value is -2.28. The van der Waals surface area contributed by atoms with Gasteiger partial charge in [0.2, 0.25) is 5.91 Å². The van der Waals surface area contributed by atoms with Crippen molar-refractivity contribution in [2.75, 3.05) is 5.32 Å². The minimum Gasteiger partial charge on any atom is -0.325 e. The fourth-order valence-corrected chi connectivity index (χ4v) is 3.33. The summed E-state index contributed by atoms with van der Waals surface area (Å²) in [4.78, 5) is 12.4.